The molecule has 4 N–H and O–H groups in total. The molecule has 4 heteroatoms. The number of aryl methyl sites for hydroxylation is 1. The number of nitrogens with one attached hydrogen (secondary N) is 2. The molecular weight excluding hydrogens is 202 g/mol. The second kappa shape index (κ2) is 4.37. The van der Waals surface area contributed by atoms with E-state index in [1.54, 1.807) is 0 Å². The van der Waals surface area contributed by atoms with Crippen LogP contribution in [0.4, 0.5) is 0 Å². The smallest absolute Gasteiger partial charge is 0.251 e. The molecule has 0 saturated heterocycles. The van der Waals surface area contributed by atoms with Gasteiger partial charge in [0.1, 0.15) is 0 Å². The van der Waals surface area contributed by atoms with Crippen LogP contribution in [0, 0.1) is 6.92 Å². The lowest BCUT2D eigenvalue weighted by molar-refractivity contribution is 0.0955. The van der Waals surface area contributed by atoms with Crippen LogP contribution < -0.4 is 11.1 Å². The first-order chi connectivity index (χ1) is 7.70. The zero-order chi connectivity index (χ0) is 11.5. The van der Waals surface area contributed by atoms with Gasteiger partial charge in [-0.3, -0.25) is 4.79 Å². The van der Waals surface area contributed by atoms with Gasteiger partial charge in [0, 0.05) is 35.2 Å². The summed E-state index contributed by atoms with van der Waals surface area (Å²) in [6.07, 6.45) is 0. The van der Waals surface area contributed by atoms with Crippen molar-refractivity contribution in [2.75, 3.05) is 13.1 Å². The predicted octanol–water partition coefficient (Wildman–Crippen LogP) is 1.16. The van der Waals surface area contributed by atoms with Gasteiger partial charge in [0.05, 0.1) is 0 Å². The van der Waals surface area contributed by atoms with E-state index in [4.69, 9.17) is 5.73 Å². The number of benzene rings is 1. The third-order valence-electron chi connectivity index (χ3n) is 2.45. The number of hydrogen-bond acceptors (Lipinski definition) is 2. The molecule has 4 nitrogen and oxygen atoms in total. The molecule has 0 spiro atoms. The molecule has 0 unspecified atom stereocenters. The highest BCUT2D eigenvalue weighted by Crippen LogP contribution is 2.16. The second-order valence-electron chi connectivity index (χ2n) is 3.80. The maximum atomic E-state index is 11.7. The zero-order valence-corrected chi connectivity index (χ0v) is 9.21. The summed E-state index contributed by atoms with van der Waals surface area (Å²) in [4.78, 5) is 14.9. The summed E-state index contributed by atoms with van der Waals surface area (Å²) in [5.74, 6) is -0.0776. The average Bonchev–Trinajstić information content (AvgIpc) is 2.64. The monoisotopic (exact) mass is 217 g/mol. The fourth-order valence-corrected chi connectivity index (χ4v) is 1.71. The molecule has 0 aliphatic rings. The lowest BCUT2D eigenvalue weighted by atomic mass is 10.1. The van der Waals surface area contributed by atoms with Crippen molar-refractivity contribution in [2.24, 2.45) is 5.73 Å². The van der Waals surface area contributed by atoms with Crippen LogP contribution in [-0.4, -0.2) is 24.0 Å². The molecule has 0 atom stereocenters. The topological polar surface area (TPSA) is 70.9 Å². The van der Waals surface area contributed by atoms with Crippen molar-refractivity contribution >= 4 is 16.8 Å². The standard InChI is InChI=1S/C12H15N3O/c1-8-6-10-7-9(2-3-11(10)15-8)12(16)14-5-4-13/h2-3,6-7,15H,4-5,13H2,1H3,(H,14,16). The Morgan fingerprint density at radius 1 is 1.44 bits per heavy atom. The molecule has 0 bridgehead atoms. The number of H-pyrrole nitrogens is 1. The van der Waals surface area contributed by atoms with Crippen LogP contribution in [0.1, 0.15) is 16.1 Å². The summed E-state index contributed by atoms with van der Waals surface area (Å²) in [5.41, 5.74) is 8.14. The van der Waals surface area contributed by atoms with Gasteiger partial charge in [-0.25, -0.2) is 0 Å². The van der Waals surface area contributed by atoms with E-state index >= 15 is 0 Å². The average molecular weight is 217 g/mol. The summed E-state index contributed by atoms with van der Waals surface area (Å²) >= 11 is 0. The first-order valence-electron chi connectivity index (χ1n) is 5.28. The summed E-state index contributed by atoms with van der Waals surface area (Å²) in [6, 6.07) is 7.63. The molecule has 16 heavy (non-hydrogen) atoms. The van der Waals surface area contributed by atoms with E-state index < -0.39 is 0 Å². The number of hydrogen-bond donors (Lipinski definition) is 3. The highest BCUT2D eigenvalue weighted by Gasteiger charge is 2.06. The van der Waals surface area contributed by atoms with Gasteiger partial charge in [-0.05, 0) is 31.2 Å². The Hall–Kier alpha value is -1.81. The number of aromatic nitrogens is 1. The summed E-state index contributed by atoms with van der Waals surface area (Å²) in [5, 5.41) is 3.80. The highest BCUT2D eigenvalue weighted by molar-refractivity contribution is 5.98. The summed E-state index contributed by atoms with van der Waals surface area (Å²) in [7, 11) is 0. The highest BCUT2D eigenvalue weighted by atomic mass is 16.1. The van der Waals surface area contributed by atoms with Crippen LogP contribution in [-0.2, 0) is 0 Å². The van der Waals surface area contributed by atoms with E-state index in [-0.39, 0.29) is 5.91 Å². The molecule has 0 fully saturated rings. The number of fused-ring (bicyclic) bond motifs is 1. The lowest BCUT2D eigenvalue weighted by Crippen LogP contribution is -2.28. The predicted molar refractivity (Wildman–Crippen MR) is 64.4 cm³/mol. The molecule has 0 aliphatic heterocycles. The molecule has 2 rings (SSSR count). The maximum absolute atomic E-state index is 11.7. The van der Waals surface area contributed by atoms with Crippen LogP contribution in [0.3, 0.4) is 0 Å². The minimum absolute atomic E-state index is 0.0776. The molecule has 1 amide bonds. The van der Waals surface area contributed by atoms with E-state index in [1.165, 1.54) is 0 Å². The van der Waals surface area contributed by atoms with E-state index in [0.717, 1.165) is 16.6 Å². The summed E-state index contributed by atoms with van der Waals surface area (Å²) in [6.45, 7) is 2.95. The first-order valence-corrected chi connectivity index (χ1v) is 5.28. The van der Waals surface area contributed by atoms with Crippen LogP contribution in [0.25, 0.3) is 10.9 Å². The Morgan fingerprint density at radius 2 is 2.25 bits per heavy atom. The number of aromatic amines is 1. The van der Waals surface area contributed by atoms with Crippen LogP contribution in [0.15, 0.2) is 24.3 Å². The van der Waals surface area contributed by atoms with Gasteiger partial charge in [0.25, 0.3) is 5.91 Å². The van der Waals surface area contributed by atoms with Crippen molar-refractivity contribution < 1.29 is 4.79 Å². The van der Waals surface area contributed by atoms with Crippen LogP contribution >= 0.6 is 0 Å². The molecule has 0 radical (unpaired) electrons. The Morgan fingerprint density at radius 3 is 3.00 bits per heavy atom. The quantitative estimate of drug-likeness (QED) is 0.722. The van der Waals surface area contributed by atoms with Crippen molar-refractivity contribution in [3.8, 4) is 0 Å². The van der Waals surface area contributed by atoms with E-state index in [1.807, 2.05) is 31.2 Å². The molecule has 1 heterocycles. The van der Waals surface area contributed by atoms with Gasteiger partial charge in [0.15, 0.2) is 0 Å². The largest absolute Gasteiger partial charge is 0.359 e. The first kappa shape index (κ1) is 10.7. The minimum Gasteiger partial charge on any atom is -0.359 e. The third kappa shape index (κ3) is 2.06. The van der Waals surface area contributed by atoms with E-state index in [9.17, 15) is 4.79 Å². The van der Waals surface area contributed by atoms with Crippen LogP contribution in [0.5, 0.6) is 0 Å². The zero-order valence-electron chi connectivity index (χ0n) is 9.21. The number of carbonyl (C=O) groups is 1. The van der Waals surface area contributed by atoms with Crippen molar-refractivity contribution in [3.05, 3.63) is 35.5 Å². The molecule has 84 valence electrons. The number of nitrogens with two attached hydrogens (primary N) is 1. The molecular formula is C12H15N3O. The molecule has 1 aromatic heterocycles. The molecule has 1 aromatic carbocycles. The van der Waals surface area contributed by atoms with Gasteiger partial charge in [0.2, 0.25) is 0 Å². The van der Waals surface area contributed by atoms with Crippen molar-refractivity contribution in [1.82, 2.24) is 10.3 Å². The summed E-state index contributed by atoms with van der Waals surface area (Å²) < 4.78 is 0. The van der Waals surface area contributed by atoms with E-state index in [0.29, 0.717) is 18.7 Å². The maximum Gasteiger partial charge on any atom is 0.251 e. The molecule has 0 saturated carbocycles. The molecule has 0 aliphatic carbocycles. The number of rotatable bonds is 3. The normalized spacial score (nSPS) is 10.6. The van der Waals surface area contributed by atoms with E-state index in [2.05, 4.69) is 10.3 Å². The van der Waals surface area contributed by atoms with Crippen molar-refractivity contribution in [3.63, 3.8) is 0 Å². The SMILES string of the molecule is Cc1cc2cc(C(=O)NCCN)ccc2[nH]1. The third-order valence-corrected chi connectivity index (χ3v) is 2.45. The van der Waals surface area contributed by atoms with Crippen molar-refractivity contribution in [2.45, 2.75) is 6.92 Å². The minimum atomic E-state index is -0.0776. The van der Waals surface area contributed by atoms with Gasteiger partial charge in [-0.2, -0.15) is 0 Å². The number of carbonyl (C=O) groups excluding carboxylic acids is 1. The van der Waals surface area contributed by atoms with Gasteiger partial charge >= 0.3 is 0 Å². The second-order valence-corrected chi connectivity index (χ2v) is 3.80. The van der Waals surface area contributed by atoms with Gasteiger partial charge in [-0.15, -0.1) is 0 Å². The molecule has 2 aromatic rings. The Labute approximate surface area is 93.8 Å². The van der Waals surface area contributed by atoms with Gasteiger partial charge in [-0.1, -0.05) is 0 Å². The fourth-order valence-electron chi connectivity index (χ4n) is 1.71. The number of amides is 1. The Kier molecular flexibility index (Phi) is 2.92. The Balaban J connectivity index is 2.28. The Bertz CT molecular complexity index is 516. The fraction of sp³-hybridized carbons (Fsp3) is 0.250. The van der Waals surface area contributed by atoms with Crippen LogP contribution in [0.2, 0.25) is 0 Å². The van der Waals surface area contributed by atoms with Gasteiger partial charge < -0.3 is 16.0 Å². The lowest BCUT2D eigenvalue weighted by Gasteiger charge is -2.03. The van der Waals surface area contributed by atoms with Crippen molar-refractivity contribution in [1.29, 1.82) is 0 Å².